The van der Waals surface area contributed by atoms with Crippen LogP contribution in [0, 0.1) is 0 Å². The summed E-state index contributed by atoms with van der Waals surface area (Å²) in [4.78, 5) is 16.3. The summed E-state index contributed by atoms with van der Waals surface area (Å²) in [6.45, 7) is 10.3. The van der Waals surface area contributed by atoms with Gasteiger partial charge in [-0.25, -0.2) is 4.68 Å². The van der Waals surface area contributed by atoms with E-state index in [1.165, 1.54) is 0 Å². The van der Waals surface area contributed by atoms with Gasteiger partial charge in [-0.05, 0) is 12.1 Å². The molecule has 1 aromatic heterocycles. The number of carbonyl (C=O) groups is 1. The summed E-state index contributed by atoms with van der Waals surface area (Å²) in [7, 11) is 0. The van der Waals surface area contributed by atoms with Crippen molar-refractivity contribution >= 4 is 5.91 Å². The fraction of sp³-hybridized carbons (Fsp3) is 0.316. The first-order chi connectivity index (χ1) is 12.2. The summed E-state index contributed by atoms with van der Waals surface area (Å²) in [5, 5.41) is 8.62. The highest BCUT2D eigenvalue weighted by atomic mass is 16.2. The summed E-state index contributed by atoms with van der Waals surface area (Å²) in [5.74, 6) is 0.0821. The number of rotatable bonds is 7. The first-order valence-corrected chi connectivity index (χ1v) is 8.43. The van der Waals surface area contributed by atoms with Crippen molar-refractivity contribution < 1.29 is 4.79 Å². The van der Waals surface area contributed by atoms with Gasteiger partial charge in [0.05, 0.1) is 17.9 Å². The lowest BCUT2D eigenvalue weighted by atomic mass is 10.1. The van der Waals surface area contributed by atoms with Gasteiger partial charge < -0.3 is 4.90 Å². The Balaban J connectivity index is 1.68. The molecule has 1 aliphatic heterocycles. The molecule has 0 spiro atoms. The van der Waals surface area contributed by atoms with E-state index in [2.05, 4.69) is 28.4 Å². The fourth-order valence-electron chi connectivity index (χ4n) is 3.05. The second kappa shape index (κ2) is 7.90. The van der Waals surface area contributed by atoms with Gasteiger partial charge in [0.1, 0.15) is 5.69 Å². The molecule has 3 rings (SSSR count). The van der Waals surface area contributed by atoms with Gasteiger partial charge in [0.15, 0.2) is 0 Å². The van der Waals surface area contributed by atoms with Gasteiger partial charge in [-0.15, -0.1) is 18.3 Å². The van der Waals surface area contributed by atoms with E-state index in [4.69, 9.17) is 0 Å². The summed E-state index contributed by atoms with van der Waals surface area (Å²) in [5.41, 5.74) is 3.09. The summed E-state index contributed by atoms with van der Waals surface area (Å²) in [6, 6.07) is 10.0. The average Bonchev–Trinajstić information content (AvgIpc) is 3.05. The standard InChI is InChI=1S/C19H23N5O/c1-3-11-23(12-4-2)19(25)15-22-13-10-18-17(14-22)20-21-24(18)16-8-6-5-7-9-16/h3-9H,1-2,10-15H2. The van der Waals surface area contributed by atoms with Crippen LogP contribution in [0.2, 0.25) is 0 Å². The van der Waals surface area contributed by atoms with Crippen molar-refractivity contribution in [2.24, 2.45) is 0 Å². The van der Waals surface area contributed by atoms with Crippen molar-refractivity contribution in [2.75, 3.05) is 26.2 Å². The number of nitrogens with zero attached hydrogens (tertiary/aromatic N) is 5. The third-order valence-electron chi connectivity index (χ3n) is 4.29. The number of hydrogen-bond donors (Lipinski definition) is 0. The molecule has 25 heavy (non-hydrogen) atoms. The third-order valence-corrected chi connectivity index (χ3v) is 4.29. The van der Waals surface area contributed by atoms with E-state index in [1.54, 1.807) is 17.1 Å². The number of hydrogen-bond acceptors (Lipinski definition) is 4. The first kappa shape index (κ1) is 17.1. The van der Waals surface area contributed by atoms with E-state index >= 15 is 0 Å². The zero-order chi connectivity index (χ0) is 17.6. The fourth-order valence-corrected chi connectivity index (χ4v) is 3.05. The molecule has 2 aromatic rings. The molecule has 1 aromatic carbocycles. The molecule has 0 saturated heterocycles. The van der Waals surface area contributed by atoms with Crippen molar-refractivity contribution in [3.8, 4) is 5.69 Å². The highest BCUT2D eigenvalue weighted by molar-refractivity contribution is 5.78. The molecule has 0 N–H and O–H groups in total. The maximum absolute atomic E-state index is 12.5. The summed E-state index contributed by atoms with van der Waals surface area (Å²) >= 11 is 0. The van der Waals surface area contributed by atoms with Crippen LogP contribution >= 0.6 is 0 Å². The van der Waals surface area contributed by atoms with Crippen LogP contribution in [0.3, 0.4) is 0 Å². The molecule has 1 aliphatic rings. The number of fused-ring (bicyclic) bond motifs is 1. The number of benzene rings is 1. The van der Waals surface area contributed by atoms with Gasteiger partial charge in [-0.1, -0.05) is 35.6 Å². The zero-order valence-electron chi connectivity index (χ0n) is 14.3. The predicted octanol–water partition coefficient (Wildman–Crippen LogP) is 1.83. The molecular formula is C19H23N5O. The van der Waals surface area contributed by atoms with Gasteiger partial charge in [0.2, 0.25) is 5.91 Å². The molecule has 0 radical (unpaired) electrons. The third kappa shape index (κ3) is 3.85. The minimum atomic E-state index is 0.0821. The molecule has 0 saturated carbocycles. The Kier molecular flexibility index (Phi) is 5.40. The van der Waals surface area contributed by atoms with E-state index in [0.717, 1.165) is 30.0 Å². The van der Waals surface area contributed by atoms with E-state index < -0.39 is 0 Å². The smallest absolute Gasteiger partial charge is 0.237 e. The van der Waals surface area contributed by atoms with Crippen LogP contribution in [-0.4, -0.2) is 56.9 Å². The van der Waals surface area contributed by atoms with Crippen LogP contribution in [0.5, 0.6) is 0 Å². The largest absolute Gasteiger partial charge is 0.334 e. The van der Waals surface area contributed by atoms with Gasteiger partial charge in [0.25, 0.3) is 0 Å². The quantitative estimate of drug-likeness (QED) is 0.723. The Morgan fingerprint density at radius 2 is 1.92 bits per heavy atom. The van der Waals surface area contributed by atoms with Crippen LogP contribution in [0.4, 0.5) is 0 Å². The zero-order valence-corrected chi connectivity index (χ0v) is 14.3. The maximum Gasteiger partial charge on any atom is 0.237 e. The van der Waals surface area contributed by atoms with Gasteiger partial charge in [-0.3, -0.25) is 9.69 Å². The van der Waals surface area contributed by atoms with Crippen LogP contribution in [-0.2, 0) is 17.8 Å². The Labute approximate surface area is 148 Å². The second-order valence-electron chi connectivity index (χ2n) is 6.07. The predicted molar refractivity (Wildman–Crippen MR) is 97.3 cm³/mol. The maximum atomic E-state index is 12.5. The van der Waals surface area contributed by atoms with Gasteiger partial charge in [-0.2, -0.15) is 0 Å². The normalized spacial score (nSPS) is 13.9. The Hall–Kier alpha value is -2.73. The van der Waals surface area contributed by atoms with Crippen molar-refractivity contribution in [2.45, 2.75) is 13.0 Å². The van der Waals surface area contributed by atoms with Crippen LogP contribution in [0.1, 0.15) is 11.4 Å². The topological polar surface area (TPSA) is 54.3 Å². The molecule has 1 amide bonds. The molecule has 6 heteroatoms. The van der Waals surface area contributed by atoms with Crippen molar-refractivity contribution in [3.05, 3.63) is 67.0 Å². The molecule has 0 atom stereocenters. The molecule has 130 valence electrons. The SMILES string of the molecule is C=CCN(CC=C)C(=O)CN1CCc2c(nnn2-c2ccccc2)C1. The number of amides is 1. The Morgan fingerprint density at radius 3 is 2.60 bits per heavy atom. The Morgan fingerprint density at radius 1 is 1.20 bits per heavy atom. The lowest BCUT2D eigenvalue weighted by molar-refractivity contribution is -0.131. The lowest BCUT2D eigenvalue weighted by Crippen LogP contribution is -2.42. The molecular weight excluding hydrogens is 314 g/mol. The van der Waals surface area contributed by atoms with Crippen LogP contribution in [0.15, 0.2) is 55.6 Å². The molecule has 0 fully saturated rings. The Bertz CT molecular complexity index is 742. The first-order valence-electron chi connectivity index (χ1n) is 8.43. The summed E-state index contributed by atoms with van der Waals surface area (Å²) < 4.78 is 1.90. The van der Waals surface area contributed by atoms with Crippen LogP contribution < -0.4 is 0 Å². The average molecular weight is 337 g/mol. The van der Waals surface area contributed by atoms with Gasteiger partial charge >= 0.3 is 0 Å². The van der Waals surface area contributed by atoms with Gasteiger partial charge in [0, 0.05) is 32.6 Å². The van der Waals surface area contributed by atoms with E-state index in [9.17, 15) is 4.79 Å². The minimum Gasteiger partial charge on any atom is -0.334 e. The molecule has 6 nitrogen and oxygen atoms in total. The van der Waals surface area contributed by atoms with Crippen LogP contribution in [0.25, 0.3) is 5.69 Å². The number of para-hydroxylation sites is 1. The highest BCUT2D eigenvalue weighted by Crippen LogP contribution is 2.19. The highest BCUT2D eigenvalue weighted by Gasteiger charge is 2.25. The summed E-state index contributed by atoms with van der Waals surface area (Å²) in [6.07, 6.45) is 4.30. The monoisotopic (exact) mass is 337 g/mol. The minimum absolute atomic E-state index is 0.0821. The number of aromatic nitrogens is 3. The van der Waals surface area contributed by atoms with E-state index in [-0.39, 0.29) is 5.91 Å². The van der Waals surface area contributed by atoms with Crippen molar-refractivity contribution in [1.29, 1.82) is 0 Å². The van der Waals surface area contributed by atoms with E-state index in [0.29, 0.717) is 26.2 Å². The van der Waals surface area contributed by atoms with Crippen molar-refractivity contribution in [1.82, 2.24) is 24.8 Å². The molecule has 0 aliphatic carbocycles. The van der Waals surface area contributed by atoms with Crippen molar-refractivity contribution in [3.63, 3.8) is 0 Å². The number of carbonyl (C=O) groups excluding carboxylic acids is 1. The molecule has 2 heterocycles. The second-order valence-corrected chi connectivity index (χ2v) is 6.07. The molecule has 0 bridgehead atoms. The lowest BCUT2D eigenvalue weighted by Gasteiger charge is -2.28. The molecule has 0 unspecified atom stereocenters. The van der Waals surface area contributed by atoms with E-state index in [1.807, 2.05) is 35.0 Å².